The smallest absolute Gasteiger partial charge is 0.248 e. The van der Waals surface area contributed by atoms with E-state index in [0.29, 0.717) is 6.61 Å². The number of allylic oxidation sites excluding steroid dienone is 1. The summed E-state index contributed by atoms with van der Waals surface area (Å²) in [5, 5.41) is 15.6. The molecule has 1 amide bonds. The number of ketones is 1. The van der Waals surface area contributed by atoms with Crippen LogP contribution in [0.3, 0.4) is 0 Å². The van der Waals surface area contributed by atoms with Crippen molar-refractivity contribution in [3.05, 3.63) is 33.3 Å². The highest BCUT2D eigenvalue weighted by Gasteiger charge is 2.48. The fourth-order valence-electron chi connectivity index (χ4n) is 5.77. The molecule has 12 heteroatoms. The van der Waals surface area contributed by atoms with Crippen LogP contribution in [-0.4, -0.2) is 89.1 Å². The van der Waals surface area contributed by atoms with Crippen LogP contribution in [0.25, 0.3) is 6.08 Å². The summed E-state index contributed by atoms with van der Waals surface area (Å²) in [5.74, 6) is -1.07. The molecule has 53 heavy (non-hydrogen) atoms. The van der Waals surface area contributed by atoms with Crippen LogP contribution in [0.2, 0.25) is 43.8 Å². The zero-order valence-corrected chi connectivity index (χ0v) is 39.3. The minimum absolute atomic E-state index is 0.0109. The van der Waals surface area contributed by atoms with Gasteiger partial charge in [-0.3, -0.25) is 14.4 Å². The van der Waals surface area contributed by atoms with Gasteiger partial charge in [0, 0.05) is 38.4 Å². The molecule has 0 fully saturated rings. The number of hydroxylamine groups is 2. The number of amides is 1. The van der Waals surface area contributed by atoms with E-state index in [4.69, 9.17) is 18.7 Å². The minimum atomic E-state index is -2.35. The first-order chi connectivity index (χ1) is 24.2. The van der Waals surface area contributed by atoms with Gasteiger partial charge in [0.1, 0.15) is 12.6 Å². The monoisotopic (exact) mass is 796 g/mol. The summed E-state index contributed by atoms with van der Waals surface area (Å²) < 4.78 is 18.9. The van der Waals surface area contributed by atoms with Gasteiger partial charge in [0.2, 0.25) is 5.91 Å². The quantitative estimate of drug-likeness (QED) is 0.0362. The first kappa shape index (κ1) is 49.5. The lowest BCUT2D eigenvalue weighted by Gasteiger charge is -2.44. The molecule has 1 rings (SSSR count). The van der Waals surface area contributed by atoms with Crippen LogP contribution in [0, 0.1) is 24.2 Å². The number of ether oxygens (including phenoxy) is 2. The molecule has 1 aromatic rings. The van der Waals surface area contributed by atoms with Crippen LogP contribution in [0.1, 0.15) is 105 Å². The Bertz CT molecular complexity index is 1350. The molecule has 0 aromatic carbocycles. The van der Waals surface area contributed by atoms with Gasteiger partial charge in [0.25, 0.3) is 0 Å². The molecule has 0 aliphatic carbocycles. The Morgan fingerprint density at radius 3 is 2.23 bits per heavy atom. The standard InChI is InChI=1S/C41H76N2O7SSi2/c1-29(21-22-35(49-28-48-23-24-52(13,14)15)31(3)25-34-27-51-33(5)42-34)19-18-20-30(2)38(45)32(4)39(46)41(9,10)36(26-37(44)43(11)47-12)50-53(16,17)40(6,7)8/h21,25,27,30,32,35-36,38,45H,18-20,22-24,26,28H2,1-17H3/b29-21-,31-25+/t30-,32+,35-,36-,38-/m0/s1. The maximum Gasteiger partial charge on any atom is 0.248 e. The Morgan fingerprint density at radius 1 is 1.08 bits per heavy atom. The highest BCUT2D eigenvalue weighted by atomic mass is 32.1. The molecule has 9 nitrogen and oxygen atoms in total. The maximum absolute atomic E-state index is 14.1. The van der Waals surface area contributed by atoms with E-state index in [1.807, 2.05) is 27.7 Å². The molecular formula is C41H76N2O7SSi2. The topological polar surface area (TPSA) is 107 Å². The number of hydrogen-bond acceptors (Lipinski definition) is 9. The normalized spacial score (nSPS) is 16.6. The predicted molar refractivity (Wildman–Crippen MR) is 226 cm³/mol. The molecule has 0 saturated heterocycles. The van der Waals surface area contributed by atoms with Crippen LogP contribution in [-0.2, 0) is 28.3 Å². The second-order valence-electron chi connectivity index (χ2n) is 18.3. The van der Waals surface area contributed by atoms with E-state index in [-0.39, 0.29) is 42.0 Å². The fourth-order valence-corrected chi connectivity index (χ4v) is 8.54. The molecule has 0 unspecified atom stereocenters. The average molecular weight is 797 g/mol. The van der Waals surface area contributed by atoms with Gasteiger partial charge in [-0.25, -0.2) is 10.0 Å². The van der Waals surface area contributed by atoms with Gasteiger partial charge in [-0.15, -0.1) is 11.3 Å². The van der Waals surface area contributed by atoms with Gasteiger partial charge < -0.3 is 19.0 Å². The van der Waals surface area contributed by atoms with Crippen LogP contribution in [0.15, 0.2) is 22.6 Å². The van der Waals surface area contributed by atoms with Crippen molar-refractivity contribution >= 4 is 45.5 Å². The highest BCUT2D eigenvalue weighted by Crippen LogP contribution is 2.42. The van der Waals surface area contributed by atoms with E-state index in [1.165, 1.54) is 17.7 Å². The highest BCUT2D eigenvalue weighted by molar-refractivity contribution is 7.09. The molecule has 0 bridgehead atoms. The molecule has 1 N–H and O–H groups in total. The van der Waals surface area contributed by atoms with Crippen LogP contribution >= 0.6 is 11.3 Å². The third-order valence-corrected chi connectivity index (χ3v) is 17.9. The van der Waals surface area contributed by atoms with Crippen LogP contribution < -0.4 is 0 Å². The zero-order valence-electron chi connectivity index (χ0n) is 36.5. The molecule has 0 spiro atoms. The van der Waals surface area contributed by atoms with Crippen molar-refractivity contribution in [2.24, 2.45) is 17.3 Å². The Kier molecular flexibility index (Phi) is 20.3. The largest absolute Gasteiger partial charge is 0.412 e. The van der Waals surface area contributed by atoms with Crippen LogP contribution in [0.5, 0.6) is 0 Å². The summed E-state index contributed by atoms with van der Waals surface area (Å²) in [4.78, 5) is 36.9. The number of Topliss-reactive ketones (excluding diaryl/α,β-unsaturated/α-hetero) is 1. The molecular weight excluding hydrogens is 721 g/mol. The first-order valence-electron chi connectivity index (χ1n) is 19.4. The van der Waals surface area contributed by atoms with Gasteiger partial charge >= 0.3 is 0 Å². The number of aliphatic hydroxyl groups is 1. The van der Waals surface area contributed by atoms with Crippen molar-refractivity contribution in [2.75, 3.05) is 27.6 Å². The lowest BCUT2D eigenvalue weighted by Crippen LogP contribution is -2.53. The van der Waals surface area contributed by atoms with E-state index in [2.05, 4.69) is 89.9 Å². The van der Waals surface area contributed by atoms with Crippen molar-refractivity contribution in [1.29, 1.82) is 0 Å². The van der Waals surface area contributed by atoms with E-state index in [1.54, 1.807) is 25.3 Å². The van der Waals surface area contributed by atoms with E-state index in [9.17, 15) is 14.7 Å². The van der Waals surface area contributed by atoms with Crippen molar-refractivity contribution in [2.45, 2.75) is 163 Å². The number of hydrogen-bond donors (Lipinski definition) is 1. The number of carbonyl (C=O) groups excluding carboxylic acids is 2. The Balaban J connectivity index is 2.95. The number of aliphatic hydroxyl groups excluding tert-OH is 1. The number of nitrogens with zero attached hydrogens (tertiary/aromatic N) is 2. The number of aryl methyl sites for hydroxylation is 1. The average Bonchev–Trinajstić information content (AvgIpc) is 3.46. The molecule has 5 atom stereocenters. The van der Waals surface area contributed by atoms with Crippen molar-refractivity contribution in [3.8, 4) is 0 Å². The summed E-state index contributed by atoms with van der Waals surface area (Å²) in [5.41, 5.74) is 2.31. The molecule has 0 radical (unpaired) electrons. The second-order valence-corrected chi connectivity index (χ2v) is 29.8. The van der Waals surface area contributed by atoms with E-state index >= 15 is 0 Å². The molecule has 0 saturated carbocycles. The third kappa shape index (κ3) is 17.0. The molecule has 306 valence electrons. The Morgan fingerprint density at radius 2 is 1.70 bits per heavy atom. The maximum atomic E-state index is 14.1. The lowest BCUT2D eigenvalue weighted by molar-refractivity contribution is -0.172. The second kappa shape index (κ2) is 21.7. The predicted octanol–water partition coefficient (Wildman–Crippen LogP) is 10.1. The first-order valence-corrected chi connectivity index (χ1v) is 26.9. The van der Waals surface area contributed by atoms with Gasteiger partial charge in [-0.2, -0.15) is 0 Å². The van der Waals surface area contributed by atoms with Gasteiger partial charge in [-0.1, -0.05) is 79.8 Å². The molecule has 1 heterocycles. The van der Waals surface area contributed by atoms with Crippen LogP contribution in [0.4, 0.5) is 0 Å². The summed E-state index contributed by atoms with van der Waals surface area (Å²) in [6.45, 7) is 32.4. The summed E-state index contributed by atoms with van der Waals surface area (Å²) >= 11 is 1.64. The molecule has 0 aliphatic rings. The summed E-state index contributed by atoms with van der Waals surface area (Å²) in [6.07, 6.45) is 6.04. The van der Waals surface area contributed by atoms with Crippen molar-refractivity contribution in [3.63, 3.8) is 0 Å². The van der Waals surface area contributed by atoms with Gasteiger partial charge in [-0.05, 0) is 88.2 Å². The number of aromatic nitrogens is 1. The summed E-state index contributed by atoms with van der Waals surface area (Å²) in [7, 11) is -0.522. The third-order valence-electron chi connectivity index (χ3n) is 11.0. The minimum Gasteiger partial charge on any atom is -0.412 e. The lowest BCUT2D eigenvalue weighted by atomic mass is 9.73. The fraction of sp³-hybridized carbons (Fsp3) is 0.780. The van der Waals surface area contributed by atoms with Gasteiger partial charge in [0.15, 0.2) is 8.32 Å². The van der Waals surface area contributed by atoms with Gasteiger partial charge in [0.05, 0.1) is 42.5 Å². The SMILES string of the molecule is CON(C)C(=O)C[C@H](O[Si](C)(C)C(C)(C)C)C(C)(C)C(=O)[C@H](C)[C@@H](O)[C@@H](C)CCC/C(C)=C\C[C@H](OCOCC[Si](C)(C)C)/C(C)=C/c1csc(C)n1. The van der Waals surface area contributed by atoms with E-state index in [0.717, 1.165) is 48.0 Å². The number of thiazole rings is 1. The summed E-state index contributed by atoms with van der Waals surface area (Å²) in [6, 6.07) is 1.10. The molecule has 1 aromatic heterocycles. The van der Waals surface area contributed by atoms with Crippen molar-refractivity contribution in [1.82, 2.24) is 10.0 Å². The Hall–Kier alpha value is -1.52. The number of carbonyl (C=O) groups is 2. The zero-order chi connectivity index (χ0) is 40.9. The Labute approximate surface area is 329 Å². The van der Waals surface area contributed by atoms with Crippen molar-refractivity contribution < 1.29 is 33.4 Å². The molecule has 0 aliphatic heterocycles. The van der Waals surface area contributed by atoms with E-state index < -0.39 is 39.9 Å². The number of rotatable bonds is 24.